The molecular weight excluding hydrogens is 261 g/mol. The molecule has 0 saturated carbocycles. The number of nitrogens with zero attached hydrogens (tertiary/aromatic N) is 3. The molecule has 1 aromatic carbocycles. The molecule has 0 N–H and O–H groups in total. The van der Waals surface area contributed by atoms with Gasteiger partial charge in [0.2, 0.25) is 5.91 Å². The van der Waals surface area contributed by atoms with Gasteiger partial charge in [0.1, 0.15) is 0 Å². The third-order valence-electron chi connectivity index (χ3n) is 2.62. The summed E-state index contributed by atoms with van der Waals surface area (Å²) in [4.78, 5) is 13.1. The minimum atomic E-state index is -0.630. The molecule has 0 bridgehead atoms. The molecule has 0 fully saturated rings. The van der Waals surface area contributed by atoms with Gasteiger partial charge in [-0.05, 0) is 18.2 Å². The molecule has 1 aromatic rings. The van der Waals surface area contributed by atoms with Crippen molar-refractivity contribution in [2.24, 2.45) is 0 Å². The minimum absolute atomic E-state index is 0.0106. The van der Waals surface area contributed by atoms with Gasteiger partial charge in [-0.25, -0.2) is 4.39 Å². The average Bonchev–Trinajstić information content (AvgIpc) is 2.46. The smallest absolute Gasteiger partial charge is 0.225 e. The Hall–Kier alpha value is -2.60. The maximum absolute atomic E-state index is 13.5. The third kappa shape index (κ3) is 4.58. The van der Waals surface area contributed by atoms with Crippen molar-refractivity contribution in [3.63, 3.8) is 0 Å². The van der Waals surface area contributed by atoms with Crippen molar-refractivity contribution in [2.75, 3.05) is 20.2 Å². The van der Waals surface area contributed by atoms with Gasteiger partial charge in [0.25, 0.3) is 0 Å². The molecular formula is C14H14FN3O2. The van der Waals surface area contributed by atoms with E-state index in [0.29, 0.717) is 6.54 Å². The van der Waals surface area contributed by atoms with Crippen LogP contribution in [0.5, 0.6) is 5.75 Å². The Kier molecular flexibility index (Phi) is 5.99. The Labute approximate surface area is 116 Å². The van der Waals surface area contributed by atoms with E-state index < -0.39 is 5.82 Å². The largest absolute Gasteiger partial charge is 0.490 e. The van der Waals surface area contributed by atoms with E-state index in [9.17, 15) is 9.18 Å². The van der Waals surface area contributed by atoms with Crippen LogP contribution in [-0.2, 0) is 4.79 Å². The van der Waals surface area contributed by atoms with E-state index in [1.165, 1.54) is 17.0 Å². The lowest BCUT2D eigenvalue weighted by molar-refractivity contribution is -0.130. The fraction of sp³-hybridized carbons (Fsp3) is 0.357. The highest BCUT2D eigenvalue weighted by Crippen LogP contribution is 2.18. The minimum Gasteiger partial charge on any atom is -0.490 e. The maximum Gasteiger partial charge on any atom is 0.225 e. The van der Waals surface area contributed by atoms with Gasteiger partial charge in [-0.15, -0.1) is 0 Å². The highest BCUT2D eigenvalue weighted by Gasteiger charge is 2.10. The van der Waals surface area contributed by atoms with Gasteiger partial charge in [0.15, 0.2) is 11.6 Å². The van der Waals surface area contributed by atoms with Gasteiger partial charge in [-0.2, -0.15) is 10.5 Å². The van der Waals surface area contributed by atoms with E-state index in [4.69, 9.17) is 15.3 Å². The molecule has 0 radical (unpaired) electrons. The second-order valence-corrected chi connectivity index (χ2v) is 4.08. The molecule has 0 unspecified atom stereocenters. The van der Waals surface area contributed by atoms with E-state index in [0.717, 1.165) is 6.07 Å². The Morgan fingerprint density at radius 1 is 1.45 bits per heavy atom. The lowest BCUT2D eigenvalue weighted by Gasteiger charge is -2.15. The molecule has 104 valence electrons. The molecule has 0 saturated heterocycles. The van der Waals surface area contributed by atoms with Crippen molar-refractivity contribution in [2.45, 2.75) is 12.8 Å². The highest BCUT2D eigenvalue weighted by molar-refractivity contribution is 5.75. The summed E-state index contributed by atoms with van der Waals surface area (Å²) in [6, 6.07) is 7.66. The fourth-order valence-electron chi connectivity index (χ4n) is 1.47. The first-order chi connectivity index (χ1) is 9.58. The average molecular weight is 275 g/mol. The van der Waals surface area contributed by atoms with E-state index >= 15 is 0 Å². The first kappa shape index (κ1) is 15.5. The molecule has 0 aliphatic carbocycles. The van der Waals surface area contributed by atoms with Crippen molar-refractivity contribution in [1.29, 1.82) is 10.5 Å². The molecule has 5 nitrogen and oxygen atoms in total. The van der Waals surface area contributed by atoms with Crippen LogP contribution in [0.15, 0.2) is 18.2 Å². The number of rotatable bonds is 6. The molecule has 0 spiro atoms. The Morgan fingerprint density at radius 2 is 2.20 bits per heavy atom. The summed E-state index contributed by atoms with van der Waals surface area (Å²) in [6.45, 7) is 0.402. The summed E-state index contributed by atoms with van der Waals surface area (Å²) in [5, 5.41) is 17.0. The number of halogens is 1. The summed E-state index contributed by atoms with van der Waals surface area (Å²) in [5.74, 6) is -0.792. The molecule has 0 aliphatic heterocycles. The van der Waals surface area contributed by atoms with Crippen LogP contribution in [0.25, 0.3) is 0 Å². The van der Waals surface area contributed by atoms with E-state index in [-0.39, 0.29) is 36.7 Å². The Morgan fingerprint density at radius 3 is 2.80 bits per heavy atom. The number of carbonyl (C=O) groups is 1. The third-order valence-corrected chi connectivity index (χ3v) is 2.62. The summed E-state index contributed by atoms with van der Waals surface area (Å²) >= 11 is 0. The topological polar surface area (TPSA) is 77.1 Å². The summed E-state index contributed by atoms with van der Waals surface area (Å²) in [6.07, 6.45) is 0.370. The van der Waals surface area contributed by atoms with Crippen LogP contribution in [0, 0.1) is 28.5 Å². The standard InChI is InChI=1S/C14H14FN3O2/c1-18(7-2-6-16)14(19)5-8-20-13-4-3-11(10-17)9-12(13)15/h3-4,9H,2,5,7-8H2,1H3. The Bertz CT molecular complexity index is 561. The molecule has 0 aromatic heterocycles. The molecule has 1 amide bonds. The lowest BCUT2D eigenvalue weighted by Crippen LogP contribution is -2.28. The first-order valence-electron chi connectivity index (χ1n) is 6.02. The highest BCUT2D eigenvalue weighted by atomic mass is 19.1. The first-order valence-corrected chi connectivity index (χ1v) is 6.02. The quantitative estimate of drug-likeness (QED) is 0.793. The second-order valence-electron chi connectivity index (χ2n) is 4.08. The van der Waals surface area contributed by atoms with Crippen molar-refractivity contribution < 1.29 is 13.9 Å². The van der Waals surface area contributed by atoms with Crippen LogP contribution in [0.2, 0.25) is 0 Å². The molecule has 0 heterocycles. The normalized spacial score (nSPS) is 9.40. The van der Waals surface area contributed by atoms with Gasteiger partial charge in [-0.1, -0.05) is 0 Å². The predicted molar refractivity (Wildman–Crippen MR) is 69.1 cm³/mol. The summed E-state index contributed by atoms with van der Waals surface area (Å²) in [7, 11) is 1.60. The second kappa shape index (κ2) is 7.75. The van der Waals surface area contributed by atoms with Gasteiger partial charge >= 0.3 is 0 Å². The molecule has 6 heteroatoms. The van der Waals surface area contributed by atoms with Gasteiger partial charge in [0.05, 0.1) is 37.2 Å². The molecule has 1 rings (SSSR count). The number of hydrogen-bond donors (Lipinski definition) is 0. The monoisotopic (exact) mass is 275 g/mol. The number of nitriles is 2. The van der Waals surface area contributed by atoms with Crippen LogP contribution in [-0.4, -0.2) is 31.0 Å². The fourth-order valence-corrected chi connectivity index (χ4v) is 1.47. The van der Waals surface area contributed by atoms with E-state index in [2.05, 4.69) is 0 Å². The van der Waals surface area contributed by atoms with Gasteiger partial charge < -0.3 is 9.64 Å². The number of amides is 1. The number of ether oxygens (including phenoxy) is 1. The zero-order valence-electron chi connectivity index (χ0n) is 11.1. The van der Waals surface area contributed by atoms with Gasteiger partial charge in [-0.3, -0.25) is 4.79 Å². The van der Waals surface area contributed by atoms with Crippen LogP contribution in [0.4, 0.5) is 4.39 Å². The summed E-state index contributed by atoms with van der Waals surface area (Å²) < 4.78 is 18.6. The van der Waals surface area contributed by atoms with Crippen LogP contribution in [0.3, 0.4) is 0 Å². The molecule has 0 aliphatic rings. The number of carbonyl (C=O) groups excluding carboxylic acids is 1. The van der Waals surface area contributed by atoms with Crippen LogP contribution < -0.4 is 4.74 Å². The van der Waals surface area contributed by atoms with E-state index in [1.54, 1.807) is 7.05 Å². The van der Waals surface area contributed by atoms with Crippen molar-refractivity contribution in [1.82, 2.24) is 4.90 Å². The zero-order valence-corrected chi connectivity index (χ0v) is 11.1. The maximum atomic E-state index is 13.5. The number of benzene rings is 1. The molecule has 0 atom stereocenters. The SMILES string of the molecule is CN(CCC#N)C(=O)CCOc1ccc(C#N)cc1F. The van der Waals surface area contributed by atoms with Crippen LogP contribution in [0.1, 0.15) is 18.4 Å². The predicted octanol–water partition coefficient (Wildman–Crippen LogP) is 1.84. The summed E-state index contributed by atoms with van der Waals surface area (Å²) in [5.41, 5.74) is 0.210. The van der Waals surface area contributed by atoms with Crippen molar-refractivity contribution >= 4 is 5.91 Å². The van der Waals surface area contributed by atoms with Gasteiger partial charge in [0, 0.05) is 13.6 Å². The Balaban J connectivity index is 2.43. The van der Waals surface area contributed by atoms with Crippen molar-refractivity contribution in [3.05, 3.63) is 29.6 Å². The lowest BCUT2D eigenvalue weighted by atomic mass is 10.2. The molecule has 20 heavy (non-hydrogen) atoms. The van der Waals surface area contributed by atoms with E-state index in [1.807, 2.05) is 12.1 Å². The van der Waals surface area contributed by atoms with Crippen LogP contribution >= 0.6 is 0 Å². The zero-order chi connectivity index (χ0) is 15.0. The van der Waals surface area contributed by atoms with Crippen molar-refractivity contribution in [3.8, 4) is 17.9 Å². The number of hydrogen-bond acceptors (Lipinski definition) is 4.